The van der Waals surface area contributed by atoms with E-state index in [0.717, 1.165) is 5.69 Å². The standard InChI is InChI=1S/C36H24N2/c1-2-9-24(10-3-1)25-17-19-26(20-18-25)27-11-8-12-28(23-27)38-34-16-7-5-14-30(34)32-22-21-31-29-13-4-6-15-33(29)37-35(31)36(32)38/h1-23,37H. The molecule has 0 aliphatic heterocycles. The third-order valence-electron chi connectivity index (χ3n) is 7.74. The van der Waals surface area contributed by atoms with Crippen molar-refractivity contribution in [3.8, 4) is 27.9 Å². The summed E-state index contributed by atoms with van der Waals surface area (Å²) >= 11 is 0. The lowest BCUT2D eigenvalue weighted by atomic mass is 10.00. The van der Waals surface area contributed by atoms with Crippen LogP contribution in [-0.2, 0) is 0 Å². The van der Waals surface area contributed by atoms with Gasteiger partial charge in [-0.1, -0.05) is 115 Å². The Morgan fingerprint density at radius 3 is 1.89 bits per heavy atom. The van der Waals surface area contributed by atoms with E-state index in [9.17, 15) is 0 Å². The Bertz CT molecular complexity index is 2110. The fourth-order valence-corrected chi connectivity index (χ4v) is 5.95. The highest BCUT2D eigenvalue weighted by Gasteiger charge is 2.17. The average molecular weight is 485 g/mol. The molecule has 2 aromatic heterocycles. The Labute approximate surface area is 220 Å². The molecule has 0 unspecified atom stereocenters. The van der Waals surface area contributed by atoms with Gasteiger partial charge in [0.05, 0.1) is 16.6 Å². The van der Waals surface area contributed by atoms with E-state index in [-0.39, 0.29) is 0 Å². The number of nitrogens with one attached hydrogen (secondary N) is 1. The second-order valence-electron chi connectivity index (χ2n) is 9.90. The van der Waals surface area contributed by atoms with Gasteiger partial charge in [-0.15, -0.1) is 0 Å². The van der Waals surface area contributed by atoms with Crippen LogP contribution >= 0.6 is 0 Å². The highest BCUT2D eigenvalue weighted by molar-refractivity contribution is 6.22. The molecule has 2 heterocycles. The predicted molar refractivity (Wildman–Crippen MR) is 161 cm³/mol. The number of benzene rings is 6. The van der Waals surface area contributed by atoms with E-state index in [0.29, 0.717) is 0 Å². The van der Waals surface area contributed by atoms with Crippen molar-refractivity contribution in [1.82, 2.24) is 9.55 Å². The van der Waals surface area contributed by atoms with Crippen molar-refractivity contribution in [1.29, 1.82) is 0 Å². The van der Waals surface area contributed by atoms with E-state index in [2.05, 4.69) is 149 Å². The van der Waals surface area contributed by atoms with Crippen LogP contribution in [0.25, 0.3) is 71.6 Å². The zero-order chi connectivity index (χ0) is 25.1. The number of fused-ring (bicyclic) bond motifs is 7. The van der Waals surface area contributed by atoms with Gasteiger partial charge in [0.25, 0.3) is 0 Å². The number of rotatable bonds is 3. The van der Waals surface area contributed by atoms with E-state index >= 15 is 0 Å². The summed E-state index contributed by atoms with van der Waals surface area (Å²) in [4.78, 5) is 3.74. The monoisotopic (exact) mass is 484 g/mol. The number of hydrogen-bond donors (Lipinski definition) is 1. The molecular weight excluding hydrogens is 460 g/mol. The maximum Gasteiger partial charge on any atom is 0.0783 e. The van der Waals surface area contributed by atoms with Gasteiger partial charge < -0.3 is 9.55 Å². The molecule has 0 bridgehead atoms. The molecule has 8 rings (SSSR count). The summed E-state index contributed by atoms with van der Waals surface area (Å²) < 4.78 is 2.42. The molecule has 2 heteroatoms. The number of para-hydroxylation sites is 2. The number of aromatic nitrogens is 2. The van der Waals surface area contributed by atoms with Gasteiger partial charge in [-0.05, 0) is 46.5 Å². The van der Waals surface area contributed by atoms with Crippen molar-refractivity contribution in [2.75, 3.05) is 0 Å². The van der Waals surface area contributed by atoms with Crippen LogP contribution < -0.4 is 0 Å². The minimum Gasteiger partial charge on any atom is -0.353 e. The molecule has 0 aliphatic carbocycles. The molecule has 0 saturated heterocycles. The van der Waals surface area contributed by atoms with Gasteiger partial charge in [-0.25, -0.2) is 0 Å². The van der Waals surface area contributed by atoms with Crippen LogP contribution in [0.4, 0.5) is 0 Å². The van der Waals surface area contributed by atoms with E-state index < -0.39 is 0 Å². The molecule has 1 N–H and O–H groups in total. The number of hydrogen-bond acceptors (Lipinski definition) is 0. The second-order valence-corrected chi connectivity index (χ2v) is 9.90. The maximum atomic E-state index is 3.74. The van der Waals surface area contributed by atoms with Gasteiger partial charge in [-0.3, -0.25) is 0 Å². The topological polar surface area (TPSA) is 20.7 Å². The van der Waals surface area contributed by atoms with Crippen molar-refractivity contribution < 1.29 is 0 Å². The molecule has 0 aliphatic rings. The summed E-state index contributed by atoms with van der Waals surface area (Å²) in [5.41, 5.74) is 10.8. The smallest absolute Gasteiger partial charge is 0.0783 e. The van der Waals surface area contributed by atoms with Gasteiger partial charge in [0.2, 0.25) is 0 Å². The number of aromatic amines is 1. The molecule has 0 fully saturated rings. The predicted octanol–water partition coefficient (Wildman–Crippen LogP) is 9.75. The first-order valence-corrected chi connectivity index (χ1v) is 13.0. The van der Waals surface area contributed by atoms with Gasteiger partial charge in [0, 0.05) is 32.7 Å². The van der Waals surface area contributed by atoms with E-state index in [4.69, 9.17) is 0 Å². The number of H-pyrrole nitrogens is 1. The quantitative estimate of drug-likeness (QED) is 0.258. The largest absolute Gasteiger partial charge is 0.353 e. The van der Waals surface area contributed by atoms with Gasteiger partial charge in [0.15, 0.2) is 0 Å². The fourth-order valence-electron chi connectivity index (χ4n) is 5.95. The van der Waals surface area contributed by atoms with Gasteiger partial charge >= 0.3 is 0 Å². The van der Waals surface area contributed by atoms with Crippen LogP contribution in [0.3, 0.4) is 0 Å². The molecule has 38 heavy (non-hydrogen) atoms. The lowest BCUT2D eigenvalue weighted by Gasteiger charge is -2.11. The summed E-state index contributed by atoms with van der Waals surface area (Å²) in [6, 6.07) is 50.1. The molecule has 2 nitrogen and oxygen atoms in total. The van der Waals surface area contributed by atoms with Crippen molar-refractivity contribution in [3.05, 3.63) is 140 Å². The summed E-state index contributed by atoms with van der Waals surface area (Å²) in [5, 5.41) is 5.04. The Morgan fingerprint density at radius 2 is 1.05 bits per heavy atom. The zero-order valence-electron chi connectivity index (χ0n) is 20.7. The first kappa shape index (κ1) is 21.0. The van der Waals surface area contributed by atoms with Crippen molar-refractivity contribution in [2.45, 2.75) is 0 Å². The van der Waals surface area contributed by atoms with Crippen LogP contribution in [-0.4, -0.2) is 9.55 Å². The molecule has 6 aromatic carbocycles. The van der Waals surface area contributed by atoms with Crippen LogP contribution in [0.15, 0.2) is 140 Å². The average Bonchev–Trinajstić information content (AvgIpc) is 3.54. The zero-order valence-corrected chi connectivity index (χ0v) is 20.7. The van der Waals surface area contributed by atoms with Crippen molar-refractivity contribution >= 4 is 43.6 Å². The van der Waals surface area contributed by atoms with Crippen LogP contribution in [0, 0.1) is 0 Å². The van der Waals surface area contributed by atoms with E-state index in [1.54, 1.807) is 0 Å². The Morgan fingerprint density at radius 1 is 0.421 bits per heavy atom. The van der Waals surface area contributed by atoms with Crippen LogP contribution in [0.2, 0.25) is 0 Å². The summed E-state index contributed by atoms with van der Waals surface area (Å²) in [6.45, 7) is 0. The Kier molecular flexibility index (Phi) is 4.55. The molecule has 0 amide bonds. The Hall–Kier alpha value is -5.08. The van der Waals surface area contributed by atoms with Gasteiger partial charge in [-0.2, -0.15) is 0 Å². The highest BCUT2D eigenvalue weighted by Crippen LogP contribution is 2.39. The van der Waals surface area contributed by atoms with E-state index in [1.807, 2.05) is 0 Å². The van der Waals surface area contributed by atoms with Crippen LogP contribution in [0.5, 0.6) is 0 Å². The molecule has 0 atom stereocenters. The molecule has 0 radical (unpaired) electrons. The molecular formula is C36H24N2. The minimum absolute atomic E-state index is 1.16. The van der Waals surface area contributed by atoms with E-state index in [1.165, 1.54) is 65.9 Å². The van der Waals surface area contributed by atoms with Gasteiger partial charge in [0.1, 0.15) is 0 Å². The lowest BCUT2D eigenvalue weighted by molar-refractivity contribution is 1.18. The van der Waals surface area contributed by atoms with Crippen LogP contribution in [0.1, 0.15) is 0 Å². The SMILES string of the molecule is c1ccc(-c2ccc(-c3cccc(-n4c5ccccc5c5ccc6c7ccccc7[nH]c6c54)c3)cc2)cc1. The number of nitrogens with zero attached hydrogens (tertiary/aromatic N) is 1. The lowest BCUT2D eigenvalue weighted by Crippen LogP contribution is -1.95. The van der Waals surface area contributed by atoms with Crippen molar-refractivity contribution in [3.63, 3.8) is 0 Å². The highest BCUT2D eigenvalue weighted by atomic mass is 15.0. The first-order chi connectivity index (χ1) is 18.8. The molecule has 178 valence electrons. The second kappa shape index (κ2) is 8.22. The third kappa shape index (κ3) is 3.14. The fraction of sp³-hybridized carbons (Fsp3) is 0. The summed E-state index contributed by atoms with van der Waals surface area (Å²) in [7, 11) is 0. The third-order valence-corrected chi connectivity index (χ3v) is 7.74. The maximum absolute atomic E-state index is 3.74. The first-order valence-electron chi connectivity index (χ1n) is 13.0. The van der Waals surface area contributed by atoms with Crippen molar-refractivity contribution in [2.24, 2.45) is 0 Å². The molecule has 0 spiro atoms. The normalized spacial score (nSPS) is 11.7. The molecule has 0 saturated carbocycles. The Balaban J connectivity index is 1.35. The minimum atomic E-state index is 1.16. The summed E-state index contributed by atoms with van der Waals surface area (Å²) in [5.74, 6) is 0. The summed E-state index contributed by atoms with van der Waals surface area (Å²) in [6.07, 6.45) is 0. The molecule has 8 aromatic rings.